The molecule has 0 spiro atoms. The van der Waals surface area contributed by atoms with Crippen molar-refractivity contribution < 1.29 is 13.9 Å². The molecule has 0 aliphatic carbocycles. The molecular formula is C21H20FN3O3. The second-order valence-corrected chi connectivity index (χ2v) is 6.39. The molecule has 2 heterocycles. The van der Waals surface area contributed by atoms with E-state index in [0.717, 1.165) is 5.69 Å². The lowest BCUT2D eigenvalue weighted by Gasteiger charge is -2.13. The summed E-state index contributed by atoms with van der Waals surface area (Å²) in [6.07, 6.45) is 1.52. The van der Waals surface area contributed by atoms with Gasteiger partial charge < -0.3 is 14.6 Å². The van der Waals surface area contributed by atoms with Crippen molar-refractivity contribution in [1.29, 1.82) is 0 Å². The number of ether oxygens (including phenoxy) is 1. The molecule has 7 heteroatoms. The predicted molar refractivity (Wildman–Crippen MR) is 103 cm³/mol. The highest BCUT2D eigenvalue weighted by Gasteiger charge is 2.17. The maximum Gasteiger partial charge on any atom is 0.263 e. The van der Waals surface area contributed by atoms with Gasteiger partial charge in [-0.2, -0.15) is 0 Å². The number of benzene rings is 1. The van der Waals surface area contributed by atoms with Crippen LogP contribution in [-0.2, 0) is 13.6 Å². The van der Waals surface area contributed by atoms with Crippen LogP contribution in [0.5, 0.6) is 11.6 Å². The van der Waals surface area contributed by atoms with Crippen LogP contribution in [0.1, 0.15) is 27.2 Å². The largest absolute Gasteiger partial charge is 0.436 e. The number of aromatic nitrogens is 2. The van der Waals surface area contributed by atoms with Gasteiger partial charge in [0.05, 0.1) is 0 Å². The van der Waals surface area contributed by atoms with Crippen LogP contribution in [0.15, 0.2) is 53.5 Å². The highest BCUT2D eigenvalue weighted by atomic mass is 19.1. The first-order valence-corrected chi connectivity index (χ1v) is 8.70. The van der Waals surface area contributed by atoms with Crippen LogP contribution in [-0.4, -0.2) is 15.5 Å². The Bertz CT molecular complexity index is 1090. The van der Waals surface area contributed by atoms with Crippen LogP contribution >= 0.6 is 0 Å². The number of rotatable bonds is 5. The molecule has 0 aliphatic heterocycles. The van der Waals surface area contributed by atoms with Gasteiger partial charge in [-0.3, -0.25) is 9.59 Å². The Morgan fingerprint density at radius 1 is 1.21 bits per heavy atom. The third kappa shape index (κ3) is 3.93. The van der Waals surface area contributed by atoms with E-state index in [-0.39, 0.29) is 29.3 Å². The van der Waals surface area contributed by atoms with E-state index in [4.69, 9.17) is 4.74 Å². The Morgan fingerprint density at radius 2 is 1.96 bits per heavy atom. The van der Waals surface area contributed by atoms with Gasteiger partial charge in [0, 0.05) is 31.0 Å². The number of amides is 1. The lowest BCUT2D eigenvalue weighted by Crippen LogP contribution is -2.33. The van der Waals surface area contributed by atoms with Crippen molar-refractivity contribution in [3.63, 3.8) is 0 Å². The van der Waals surface area contributed by atoms with Gasteiger partial charge >= 0.3 is 0 Å². The van der Waals surface area contributed by atoms with Crippen LogP contribution in [0.2, 0.25) is 0 Å². The number of para-hydroxylation sites is 1. The van der Waals surface area contributed by atoms with Crippen molar-refractivity contribution in [2.45, 2.75) is 20.4 Å². The Hall–Kier alpha value is -3.48. The third-order valence-corrected chi connectivity index (χ3v) is 4.43. The molecule has 1 amide bonds. The fraction of sp³-hybridized carbons (Fsp3) is 0.190. The topological polar surface area (TPSA) is 73.2 Å². The van der Waals surface area contributed by atoms with Crippen molar-refractivity contribution in [3.05, 3.63) is 87.2 Å². The first-order valence-electron chi connectivity index (χ1n) is 8.70. The average molecular weight is 381 g/mol. The SMILES string of the molecule is Cc1cc(C)n(C)c(=O)c1C(=O)NCc1cccnc1Oc1ccccc1F. The normalized spacial score (nSPS) is 10.6. The summed E-state index contributed by atoms with van der Waals surface area (Å²) in [4.78, 5) is 29.2. The molecule has 0 saturated carbocycles. The van der Waals surface area contributed by atoms with Crippen molar-refractivity contribution >= 4 is 5.91 Å². The smallest absolute Gasteiger partial charge is 0.263 e. The second kappa shape index (κ2) is 8.04. The van der Waals surface area contributed by atoms with E-state index in [1.54, 1.807) is 51.2 Å². The molecule has 0 fully saturated rings. The third-order valence-electron chi connectivity index (χ3n) is 4.43. The summed E-state index contributed by atoms with van der Waals surface area (Å²) in [6.45, 7) is 3.60. The Morgan fingerprint density at radius 3 is 2.71 bits per heavy atom. The Balaban J connectivity index is 1.81. The van der Waals surface area contributed by atoms with Crippen LogP contribution in [0.3, 0.4) is 0 Å². The Kier molecular flexibility index (Phi) is 5.54. The average Bonchev–Trinajstić information content (AvgIpc) is 2.67. The predicted octanol–water partition coefficient (Wildman–Crippen LogP) is 3.26. The van der Waals surface area contributed by atoms with E-state index in [0.29, 0.717) is 11.1 Å². The van der Waals surface area contributed by atoms with Crippen LogP contribution in [0.4, 0.5) is 4.39 Å². The van der Waals surface area contributed by atoms with Gasteiger partial charge in [-0.05, 0) is 43.7 Å². The number of carbonyl (C=O) groups is 1. The van der Waals surface area contributed by atoms with Crippen molar-refractivity contribution in [2.24, 2.45) is 7.05 Å². The first kappa shape index (κ1) is 19.3. The van der Waals surface area contributed by atoms with Gasteiger partial charge in [0.15, 0.2) is 11.6 Å². The second-order valence-electron chi connectivity index (χ2n) is 6.39. The van der Waals surface area contributed by atoms with E-state index in [1.165, 1.54) is 22.9 Å². The summed E-state index contributed by atoms with van der Waals surface area (Å²) >= 11 is 0. The van der Waals surface area contributed by atoms with Gasteiger partial charge in [-0.15, -0.1) is 0 Å². The number of halogens is 1. The maximum absolute atomic E-state index is 13.8. The number of nitrogens with zero attached hydrogens (tertiary/aromatic N) is 2. The molecule has 0 aliphatic rings. The molecule has 0 unspecified atom stereocenters. The zero-order valence-electron chi connectivity index (χ0n) is 15.8. The van der Waals surface area contributed by atoms with E-state index in [2.05, 4.69) is 10.3 Å². The number of hydrogen-bond acceptors (Lipinski definition) is 4. The molecule has 28 heavy (non-hydrogen) atoms. The molecule has 3 aromatic rings. The molecule has 6 nitrogen and oxygen atoms in total. The monoisotopic (exact) mass is 381 g/mol. The molecule has 144 valence electrons. The zero-order chi connectivity index (χ0) is 20.3. The molecule has 0 saturated heterocycles. The van der Waals surface area contributed by atoms with E-state index < -0.39 is 11.7 Å². The molecule has 1 N–H and O–H groups in total. The van der Waals surface area contributed by atoms with E-state index in [1.807, 2.05) is 0 Å². The maximum atomic E-state index is 13.8. The number of nitrogens with one attached hydrogen (secondary N) is 1. The molecule has 2 aromatic heterocycles. The van der Waals surface area contributed by atoms with Crippen molar-refractivity contribution in [1.82, 2.24) is 14.9 Å². The van der Waals surface area contributed by atoms with Gasteiger partial charge in [0.2, 0.25) is 5.88 Å². The number of carbonyl (C=O) groups excluding carboxylic acids is 1. The summed E-state index contributed by atoms with van der Waals surface area (Å²) in [6, 6.07) is 11.2. The summed E-state index contributed by atoms with van der Waals surface area (Å²) in [5, 5.41) is 2.72. The quantitative estimate of drug-likeness (QED) is 0.736. The summed E-state index contributed by atoms with van der Waals surface area (Å²) < 4.78 is 20.8. The minimum Gasteiger partial charge on any atom is -0.436 e. The van der Waals surface area contributed by atoms with E-state index >= 15 is 0 Å². The zero-order valence-corrected chi connectivity index (χ0v) is 15.8. The first-order chi connectivity index (χ1) is 13.4. The van der Waals surface area contributed by atoms with Gasteiger partial charge in [0.25, 0.3) is 11.5 Å². The lowest BCUT2D eigenvalue weighted by molar-refractivity contribution is 0.0948. The van der Waals surface area contributed by atoms with Crippen molar-refractivity contribution in [2.75, 3.05) is 0 Å². The minimum absolute atomic E-state index is 0.0389. The van der Waals surface area contributed by atoms with Crippen molar-refractivity contribution in [3.8, 4) is 11.6 Å². The van der Waals surface area contributed by atoms with Crippen LogP contribution in [0.25, 0.3) is 0 Å². The van der Waals surface area contributed by atoms with Gasteiger partial charge in [-0.1, -0.05) is 18.2 Å². The summed E-state index contributed by atoms with van der Waals surface area (Å²) in [7, 11) is 1.62. The van der Waals surface area contributed by atoms with Gasteiger partial charge in [-0.25, -0.2) is 9.37 Å². The lowest BCUT2D eigenvalue weighted by atomic mass is 10.1. The molecule has 0 bridgehead atoms. The summed E-state index contributed by atoms with van der Waals surface area (Å²) in [5.74, 6) is -0.779. The van der Waals surface area contributed by atoms with E-state index in [9.17, 15) is 14.0 Å². The van der Waals surface area contributed by atoms with Gasteiger partial charge in [0.1, 0.15) is 5.56 Å². The molecule has 3 rings (SSSR count). The molecule has 0 radical (unpaired) electrons. The molecule has 1 aromatic carbocycles. The fourth-order valence-corrected chi connectivity index (χ4v) is 2.80. The highest BCUT2D eigenvalue weighted by molar-refractivity contribution is 5.95. The highest BCUT2D eigenvalue weighted by Crippen LogP contribution is 2.25. The number of aryl methyl sites for hydroxylation is 2. The minimum atomic E-state index is -0.512. The van der Waals surface area contributed by atoms with Crippen LogP contribution < -0.4 is 15.6 Å². The van der Waals surface area contributed by atoms with Crippen LogP contribution in [0, 0.1) is 19.7 Å². The summed E-state index contributed by atoms with van der Waals surface area (Å²) in [5.41, 5.74) is 1.66. The standard InChI is InChI=1S/C21H20FN3O3/c1-13-11-14(2)25(3)21(27)18(13)19(26)24-12-15-7-6-10-23-20(15)28-17-9-5-4-8-16(17)22/h4-11H,12H2,1-3H3,(H,24,26). The fourth-order valence-electron chi connectivity index (χ4n) is 2.80. The Labute approximate surface area is 161 Å². The number of hydrogen-bond donors (Lipinski definition) is 1. The molecule has 0 atom stereocenters. The number of pyridine rings is 2. The molecular weight excluding hydrogens is 361 g/mol.